The SMILES string of the molecule is CC(=O)NC1CCN(Cc2ccc3c(c2)COC3=C2C(=O)Nc3ccc(F)cc32)C1. The summed E-state index contributed by atoms with van der Waals surface area (Å²) in [6.07, 6.45) is 0.953. The van der Waals surface area contributed by atoms with Gasteiger partial charge in [0.2, 0.25) is 5.91 Å². The van der Waals surface area contributed by atoms with E-state index in [1.165, 1.54) is 12.1 Å². The van der Waals surface area contributed by atoms with Gasteiger partial charge in [0, 0.05) is 55.0 Å². The molecule has 2 N–H and O–H groups in total. The Kier molecular flexibility index (Phi) is 4.55. The zero-order chi connectivity index (χ0) is 20.8. The first-order valence-electron chi connectivity index (χ1n) is 10.1. The fourth-order valence-corrected chi connectivity index (χ4v) is 4.53. The van der Waals surface area contributed by atoms with Crippen LogP contribution >= 0.6 is 0 Å². The Hall–Kier alpha value is -3.19. The Morgan fingerprint density at radius 1 is 1.27 bits per heavy atom. The fourth-order valence-electron chi connectivity index (χ4n) is 4.53. The lowest BCUT2D eigenvalue weighted by atomic mass is 9.99. The quantitative estimate of drug-likeness (QED) is 0.768. The van der Waals surface area contributed by atoms with E-state index < -0.39 is 0 Å². The summed E-state index contributed by atoms with van der Waals surface area (Å²) in [5.41, 5.74) is 4.57. The Labute approximate surface area is 173 Å². The Balaban J connectivity index is 1.39. The van der Waals surface area contributed by atoms with Crippen LogP contribution in [-0.4, -0.2) is 35.8 Å². The van der Waals surface area contributed by atoms with Crippen LogP contribution in [0.3, 0.4) is 0 Å². The predicted octanol–water partition coefficient (Wildman–Crippen LogP) is 2.89. The highest BCUT2D eigenvalue weighted by Gasteiger charge is 2.33. The molecule has 2 aromatic rings. The first kappa shape index (κ1) is 18.8. The summed E-state index contributed by atoms with van der Waals surface area (Å²) in [6.45, 7) is 4.51. The summed E-state index contributed by atoms with van der Waals surface area (Å²) in [5.74, 6) is -0.150. The number of hydrogen-bond donors (Lipinski definition) is 2. The van der Waals surface area contributed by atoms with E-state index in [-0.39, 0.29) is 23.7 Å². The van der Waals surface area contributed by atoms with Gasteiger partial charge in [-0.25, -0.2) is 4.39 Å². The van der Waals surface area contributed by atoms with Crippen LogP contribution in [-0.2, 0) is 27.5 Å². The van der Waals surface area contributed by atoms with E-state index in [2.05, 4.69) is 21.6 Å². The molecular weight excluding hydrogens is 385 g/mol. The van der Waals surface area contributed by atoms with Gasteiger partial charge in [0.1, 0.15) is 18.2 Å². The molecule has 3 aliphatic rings. The van der Waals surface area contributed by atoms with Crippen LogP contribution in [0.25, 0.3) is 11.3 Å². The van der Waals surface area contributed by atoms with Crippen LogP contribution in [0.2, 0.25) is 0 Å². The van der Waals surface area contributed by atoms with E-state index in [0.29, 0.717) is 29.2 Å². The third-order valence-corrected chi connectivity index (χ3v) is 5.83. The molecule has 1 unspecified atom stereocenters. The molecule has 0 aliphatic carbocycles. The fraction of sp³-hybridized carbons (Fsp3) is 0.304. The summed E-state index contributed by atoms with van der Waals surface area (Å²) >= 11 is 0. The zero-order valence-corrected chi connectivity index (χ0v) is 16.6. The van der Waals surface area contributed by atoms with Gasteiger partial charge in [-0.15, -0.1) is 0 Å². The van der Waals surface area contributed by atoms with Crippen molar-refractivity contribution in [2.75, 3.05) is 18.4 Å². The molecule has 6 nitrogen and oxygen atoms in total. The third kappa shape index (κ3) is 3.35. The molecule has 5 rings (SSSR count). The van der Waals surface area contributed by atoms with Crippen LogP contribution in [0.5, 0.6) is 0 Å². The minimum absolute atomic E-state index is 0.00880. The highest BCUT2D eigenvalue weighted by atomic mass is 19.1. The first-order chi connectivity index (χ1) is 14.5. The molecule has 2 aromatic carbocycles. The van der Waals surface area contributed by atoms with Gasteiger partial charge in [-0.2, -0.15) is 0 Å². The first-order valence-corrected chi connectivity index (χ1v) is 10.1. The van der Waals surface area contributed by atoms with Crippen LogP contribution in [0.4, 0.5) is 10.1 Å². The molecule has 0 bridgehead atoms. The van der Waals surface area contributed by atoms with E-state index >= 15 is 0 Å². The molecule has 7 heteroatoms. The van der Waals surface area contributed by atoms with Crippen molar-refractivity contribution in [3.8, 4) is 0 Å². The number of anilines is 1. The topological polar surface area (TPSA) is 70.7 Å². The maximum Gasteiger partial charge on any atom is 0.260 e. The lowest BCUT2D eigenvalue weighted by Crippen LogP contribution is -2.35. The van der Waals surface area contributed by atoms with E-state index in [1.54, 1.807) is 13.0 Å². The summed E-state index contributed by atoms with van der Waals surface area (Å²) in [7, 11) is 0. The maximum absolute atomic E-state index is 13.8. The Morgan fingerprint density at radius 2 is 2.13 bits per heavy atom. The van der Waals surface area contributed by atoms with Gasteiger partial charge in [0.15, 0.2) is 0 Å². The van der Waals surface area contributed by atoms with E-state index in [0.717, 1.165) is 42.7 Å². The molecule has 0 radical (unpaired) electrons. The number of hydrogen-bond acceptors (Lipinski definition) is 4. The molecule has 154 valence electrons. The molecule has 0 saturated carbocycles. The summed E-state index contributed by atoms with van der Waals surface area (Å²) in [5, 5.41) is 5.76. The van der Waals surface area contributed by atoms with Crippen LogP contribution in [0.1, 0.15) is 35.6 Å². The second-order valence-corrected chi connectivity index (χ2v) is 8.05. The Morgan fingerprint density at radius 3 is 2.97 bits per heavy atom. The molecule has 1 atom stereocenters. The van der Waals surface area contributed by atoms with Gasteiger partial charge < -0.3 is 15.4 Å². The Bertz CT molecular complexity index is 1100. The van der Waals surface area contributed by atoms with Crippen molar-refractivity contribution in [3.63, 3.8) is 0 Å². The maximum atomic E-state index is 13.8. The van der Waals surface area contributed by atoms with Gasteiger partial charge in [-0.3, -0.25) is 14.5 Å². The lowest BCUT2D eigenvalue weighted by Gasteiger charge is -2.16. The molecule has 0 aromatic heterocycles. The molecule has 1 fully saturated rings. The average molecular weight is 407 g/mol. The van der Waals surface area contributed by atoms with Crippen molar-refractivity contribution in [2.45, 2.75) is 32.5 Å². The van der Waals surface area contributed by atoms with Crippen molar-refractivity contribution in [1.82, 2.24) is 10.2 Å². The number of amides is 2. The number of nitrogens with one attached hydrogen (secondary N) is 2. The highest BCUT2D eigenvalue weighted by Crippen LogP contribution is 2.42. The number of carbonyl (C=O) groups is 2. The number of fused-ring (bicyclic) bond motifs is 2. The van der Waals surface area contributed by atoms with Crippen molar-refractivity contribution < 1.29 is 18.7 Å². The van der Waals surface area contributed by atoms with Gasteiger partial charge in [0.05, 0.1) is 5.57 Å². The number of rotatable bonds is 3. The van der Waals surface area contributed by atoms with Crippen molar-refractivity contribution in [2.24, 2.45) is 0 Å². The van der Waals surface area contributed by atoms with Crippen LogP contribution in [0, 0.1) is 5.82 Å². The number of benzene rings is 2. The normalized spacial score (nSPS) is 22.5. The standard InChI is InChI=1S/C23H22FN3O3/c1-13(28)25-17-6-7-27(11-17)10-14-2-4-18-15(8-14)12-30-22(18)21-19-9-16(24)3-5-20(19)26-23(21)29/h2-5,8-9,17H,6-7,10-12H2,1H3,(H,25,28)(H,26,29). The molecule has 30 heavy (non-hydrogen) atoms. The van der Waals surface area contributed by atoms with Crippen LogP contribution in [0.15, 0.2) is 36.4 Å². The van der Waals surface area contributed by atoms with E-state index in [9.17, 15) is 14.0 Å². The predicted molar refractivity (Wildman–Crippen MR) is 111 cm³/mol. The van der Waals surface area contributed by atoms with Crippen molar-refractivity contribution in [3.05, 3.63) is 64.5 Å². The van der Waals surface area contributed by atoms with Gasteiger partial charge in [0.25, 0.3) is 5.91 Å². The van der Waals surface area contributed by atoms with E-state index in [4.69, 9.17) is 4.74 Å². The summed E-state index contributed by atoms with van der Waals surface area (Å²) < 4.78 is 19.7. The van der Waals surface area contributed by atoms with E-state index in [1.807, 2.05) is 12.1 Å². The smallest absolute Gasteiger partial charge is 0.260 e. The zero-order valence-electron chi connectivity index (χ0n) is 16.6. The summed E-state index contributed by atoms with van der Waals surface area (Å²) in [6, 6.07) is 10.6. The van der Waals surface area contributed by atoms with Gasteiger partial charge in [-0.05, 0) is 30.2 Å². The van der Waals surface area contributed by atoms with Gasteiger partial charge >= 0.3 is 0 Å². The highest BCUT2D eigenvalue weighted by molar-refractivity contribution is 6.36. The second kappa shape index (κ2) is 7.25. The molecule has 2 amide bonds. The minimum atomic E-state index is -0.389. The number of ether oxygens (including phenoxy) is 1. The molecule has 3 heterocycles. The van der Waals surface area contributed by atoms with Crippen molar-refractivity contribution >= 4 is 28.8 Å². The number of nitrogens with zero attached hydrogens (tertiary/aromatic N) is 1. The minimum Gasteiger partial charge on any atom is -0.487 e. The largest absolute Gasteiger partial charge is 0.487 e. The third-order valence-electron chi connectivity index (χ3n) is 5.83. The molecular formula is C23H22FN3O3. The lowest BCUT2D eigenvalue weighted by molar-refractivity contribution is -0.119. The van der Waals surface area contributed by atoms with Crippen LogP contribution < -0.4 is 10.6 Å². The molecule has 3 aliphatic heterocycles. The average Bonchev–Trinajstić information content (AvgIpc) is 3.38. The second-order valence-electron chi connectivity index (χ2n) is 8.05. The molecule has 0 spiro atoms. The number of halogens is 1. The number of likely N-dealkylation sites (tertiary alicyclic amines) is 1. The number of carbonyl (C=O) groups excluding carboxylic acids is 2. The van der Waals surface area contributed by atoms with Gasteiger partial charge in [-0.1, -0.05) is 18.2 Å². The summed E-state index contributed by atoms with van der Waals surface area (Å²) in [4.78, 5) is 26.1. The molecule has 1 saturated heterocycles. The van der Waals surface area contributed by atoms with Crippen molar-refractivity contribution in [1.29, 1.82) is 0 Å². The monoisotopic (exact) mass is 407 g/mol.